The van der Waals surface area contributed by atoms with Crippen LogP contribution in [0, 0.1) is 5.92 Å². The van der Waals surface area contributed by atoms with E-state index in [2.05, 4.69) is 52.0 Å². The second kappa shape index (κ2) is 4.80. The lowest BCUT2D eigenvalue weighted by molar-refractivity contribution is 0.237. The standard InChI is InChI=1S/C14H22O/c1-11(10-15)9-12-5-7-13(8-6-12)14(2,3)4/h5-8,11,15H,9-10H2,1-4H3/t11-/m1/s1. The second-order valence-electron chi connectivity index (χ2n) is 5.44. The molecule has 84 valence electrons. The Morgan fingerprint density at radius 3 is 2.07 bits per heavy atom. The highest BCUT2D eigenvalue weighted by Crippen LogP contribution is 2.22. The van der Waals surface area contributed by atoms with Crippen molar-refractivity contribution in [2.75, 3.05) is 6.61 Å². The summed E-state index contributed by atoms with van der Waals surface area (Å²) < 4.78 is 0. The second-order valence-corrected chi connectivity index (χ2v) is 5.44. The van der Waals surface area contributed by atoms with Gasteiger partial charge in [0.05, 0.1) is 0 Å². The van der Waals surface area contributed by atoms with Crippen LogP contribution in [0.2, 0.25) is 0 Å². The minimum absolute atomic E-state index is 0.223. The number of benzene rings is 1. The van der Waals surface area contributed by atoms with Gasteiger partial charge in [-0.2, -0.15) is 0 Å². The Bertz CT molecular complexity index is 292. The van der Waals surface area contributed by atoms with E-state index in [1.165, 1.54) is 11.1 Å². The van der Waals surface area contributed by atoms with E-state index in [1.807, 2.05) is 0 Å². The zero-order chi connectivity index (χ0) is 11.5. The Hall–Kier alpha value is -0.820. The molecule has 0 aliphatic rings. The number of rotatable bonds is 3. The summed E-state index contributed by atoms with van der Waals surface area (Å²) >= 11 is 0. The quantitative estimate of drug-likeness (QED) is 0.805. The van der Waals surface area contributed by atoms with E-state index in [4.69, 9.17) is 5.11 Å². The Morgan fingerprint density at radius 1 is 1.13 bits per heavy atom. The SMILES string of the molecule is C[C@@H](CO)Cc1ccc(C(C)(C)C)cc1. The van der Waals surface area contributed by atoms with Gasteiger partial charge in [-0.15, -0.1) is 0 Å². The van der Waals surface area contributed by atoms with Crippen molar-refractivity contribution >= 4 is 0 Å². The summed E-state index contributed by atoms with van der Waals surface area (Å²) in [6, 6.07) is 8.73. The molecule has 0 unspecified atom stereocenters. The van der Waals surface area contributed by atoms with Gasteiger partial charge in [0, 0.05) is 6.61 Å². The lowest BCUT2D eigenvalue weighted by Crippen LogP contribution is -2.11. The van der Waals surface area contributed by atoms with Crippen LogP contribution in [0.15, 0.2) is 24.3 Å². The van der Waals surface area contributed by atoms with E-state index < -0.39 is 0 Å². The summed E-state index contributed by atoms with van der Waals surface area (Å²) in [5.41, 5.74) is 2.90. The summed E-state index contributed by atoms with van der Waals surface area (Å²) in [5.74, 6) is 0.352. The molecule has 1 rings (SSSR count). The molecule has 1 aromatic rings. The summed E-state index contributed by atoms with van der Waals surface area (Å²) in [6.07, 6.45) is 0.959. The molecule has 0 aromatic heterocycles. The fourth-order valence-electron chi connectivity index (χ4n) is 1.61. The van der Waals surface area contributed by atoms with Crippen LogP contribution < -0.4 is 0 Å². The van der Waals surface area contributed by atoms with Gasteiger partial charge in [-0.05, 0) is 28.9 Å². The highest BCUT2D eigenvalue weighted by atomic mass is 16.3. The monoisotopic (exact) mass is 206 g/mol. The van der Waals surface area contributed by atoms with Gasteiger partial charge >= 0.3 is 0 Å². The van der Waals surface area contributed by atoms with E-state index in [1.54, 1.807) is 0 Å². The number of aliphatic hydroxyl groups excluding tert-OH is 1. The maximum absolute atomic E-state index is 8.98. The zero-order valence-electron chi connectivity index (χ0n) is 10.2. The van der Waals surface area contributed by atoms with Crippen LogP contribution >= 0.6 is 0 Å². The molecule has 0 heterocycles. The molecule has 1 aromatic carbocycles. The molecule has 0 spiro atoms. The molecule has 0 aliphatic heterocycles. The van der Waals surface area contributed by atoms with Crippen molar-refractivity contribution in [2.24, 2.45) is 5.92 Å². The van der Waals surface area contributed by atoms with Gasteiger partial charge in [0.1, 0.15) is 0 Å². The van der Waals surface area contributed by atoms with E-state index >= 15 is 0 Å². The molecule has 0 aliphatic carbocycles. The van der Waals surface area contributed by atoms with Crippen LogP contribution in [-0.2, 0) is 11.8 Å². The largest absolute Gasteiger partial charge is 0.396 e. The Balaban J connectivity index is 2.73. The lowest BCUT2D eigenvalue weighted by atomic mass is 9.86. The summed E-state index contributed by atoms with van der Waals surface area (Å²) in [5, 5.41) is 8.98. The van der Waals surface area contributed by atoms with E-state index in [9.17, 15) is 0 Å². The van der Waals surface area contributed by atoms with Crippen molar-refractivity contribution in [3.8, 4) is 0 Å². The van der Waals surface area contributed by atoms with Crippen molar-refractivity contribution in [3.63, 3.8) is 0 Å². The first-order valence-corrected chi connectivity index (χ1v) is 5.63. The van der Waals surface area contributed by atoms with Crippen molar-refractivity contribution in [1.29, 1.82) is 0 Å². The van der Waals surface area contributed by atoms with E-state index in [0.29, 0.717) is 5.92 Å². The first-order chi connectivity index (χ1) is 6.93. The number of hydrogen-bond donors (Lipinski definition) is 1. The van der Waals surface area contributed by atoms with Gasteiger partial charge in [0.25, 0.3) is 0 Å². The zero-order valence-corrected chi connectivity index (χ0v) is 10.2. The maximum atomic E-state index is 8.98. The van der Waals surface area contributed by atoms with Crippen LogP contribution in [0.1, 0.15) is 38.8 Å². The molecule has 1 atom stereocenters. The highest BCUT2D eigenvalue weighted by Gasteiger charge is 2.13. The molecule has 0 amide bonds. The fourth-order valence-corrected chi connectivity index (χ4v) is 1.61. The summed E-state index contributed by atoms with van der Waals surface area (Å²) in [4.78, 5) is 0. The molecule has 1 N–H and O–H groups in total. The van der Waals surface area contributed by atoms with Crippen LogP contribution in [0.4, 0.5) is 0 Å². The van der Waals surface area contributed by atoms with Crippen molar-refractivity contribution in [1.82, 2.24) is 0 Å². The normalized spacial score (nSPS) is 13.9. The third-order valence-corrected chi connectivity index (χ3v) is 2.72. The fraction of sp³-hybridized carbons (Fsp3) is 0.571. The molecule has 15 heavy (non-hydrogen) atoms. The van der Waals surface area contributed by atoms with Crippen LogP contribution in [0.5, 0.6) is 0 Å². The first-order valence-electron chi connectivity index (χ1n) is 5.63. The number of aliphatic hydroxyl groups is 1. The van der Waals surface area contributed by atoms with Gasteiger partial charge in [-0.1, -0.05) is 52.0 Å². The molecule has 0 saturated heterocycles. The molecule has 0 fully saturated rings. The van der Waals surface area contributed by atoms with Crippen molar-refractivity contribution in [2.45, 2.75) is 39.5 Å². The molecule has 0 bridgehead atoms. The highest BCUT2D eigenvalue weighted by molar-refractivity contribution is 5.27. The summed E-state index contributed by atoms with van der Waals surface area (Å²) in [7, 11) is 0. The molecule has 1 nitrogen and oxygen atoms in total. The van der Waals surface area contributed by atoms with Gasteiger partial charge in [0.15, 0.2) is 0 Å². The molecular weight excluding hydrogens is 184 g/mol. The smallest absolute Gasteiger partial charge is 0.0459 e. The molecule has 0 radical (unpaired) electrons. The van der Waals surface area contributed by atoms with E-state index in [0.717, 1.165) is 6.42 Å². The van der Waals surface area contributed by atoms with Crippen LogP contribution in [-0.4, -0.2) is 11.7 Å². The third-order valence-electron chi connectivity index (χ3n) is 2.72. The van der Waals surface area contributed by atoms with Gasteiger partial charge in [0.2, 0.25) is 0 Å². The lowest BCUT2D eigenvalue weighted by Gasteiger charge is -2.19. The Labute approximate surface area is 93.1 Å². The average Bonchev–Trinajstić information content (AvgIpc) is 2.17. The predicted octanol–water partition coefficient (Wildman–Crippen LogP) is 3.16. The topological polar surface area (TPSA) is 20.2 Å². The van der Waals surface area contributed by atoms with Gasteiger partial charge in [-0.25, -0.2) is 0 Å². The minimum Gasteiger partial charge on any atom is -0.396 e. The molecule has 0 saturated carbocycles. The Morgan fingerprint density at radius 2 is 1.67 bits per heavy atom. The first kappa shape index (κ1) is 12.3. The number of hydrogen-bond acceptors (Lipinski definition) is 1. The third kappa shape index (κ3) is 3.67. The predicted molar refractivity (Wildman–Crippen MR) is 65.1 cm³/mol. The molecule has 1 heteroatoms. The van der Waals surface area contributed by atoms with Crippen LogP contribution in [0.25, 0.3) is 0 Å². The van der Waals surface area contributed by atoms with Gasteiger partial charge in [-0.3, -0.25) is 0 Å². The average molecular weight is 206 g/mol. The Kier molecular flexibility index (Phi) is 3.92. The van der Waals surface area contributed by atoms with Crippen LogP contribution in [0.3, 0.4) is 0 Å². The summed E-state index contributed by atoms with van der Waals surface area (Å²) in [6.45, 7) is 8.99. The van der Waals surface area contributed by atoms with Crippen molar-refractivity contribution < 1.29 is 5.11 Å². The molecular formula is C14H22O. The van der Waals surface area contributed by atoms with Gasteiger partial charge < -0.3 is 5.11 Å². The van der Waals surface area contributed by atoms with Crippen molar-refractivity contribution in [3.05, 3.63) is 35.4 Å². The van der Waals surface area contributed by atoms with E-state index in [-0.39, 0.29) is 12.0 Å². The maximum Gasteiger partial charge on any atom is 0.0459 e. The minimum atomic E-state index is 0.223.